The molecule has 1 saturated carbocycles. The third kappa shape index (κ3) is 3.56. The molecule has 1 aliphatic rings. The molecule has 0 spiro atoms. The smallest absolute Gasteiger partial charge is 0.266 e. The lowest BCUT2D eigenvalue weighted by atomic mass is 9.99. The number of ether oxygens (including phenoxy) is 1. The Morgan fingerprint density at radius 3 is 2.71 bits per heavy atom. The summed E-state index contributed by atoms with van der Waals surface area (Å²) in [5, 5.41) is 0.927. The zero-order valence-corrected chi connectivity index (χ0v) is 16.6. The number of benzene rings is 2. The molecule has 28 heavy (non-hydrogen) atoms. The van der Waals surface area contributed by atoms with E-state index >= 15 is 0 Å². The van der Waals surface area contributed by atoms with Crippen molar-refractivity contribution in [2.24, 2.45) is 0 Å². The summed E-state index contributed by atoms with van der Waals surface area (Å²) in [4.78, 5) is 30.6. The van der Waals surface area contributed by atoms with E-state index in [1.54, 1.807) is 10.6 Å². The third-order valence-corrected chi connectivity index (χ3v) is 6.16. The van der Waals surface area contributed by atoms with Gasteiger partial charge in [-0.15, -0.1) is 0 Å². The Labute approximate surface area is 167 Å². The van der Waals surface area contributed by atoms with Gasteiger partial charge in [0.05, 0.1) is 28.4 Å². The van der Waals surface area contributed by atoms with Gasteiger partial charge >= 0.3 is 0 Å². The molecule has 1 fully saturated rings. The molecule has 4 rings (SSSR count). The van der Waals surface area contributed by atoms with Gasteiger partial charge < -0.3 is 4.74 Å². The first kappa shape index (κ1) is 18.7. The topological polar surface area (TPSA) is 61.2 Å². The van der Waals surface area contributed by atoms with E-state index in [1.807, 2.05) is 49.4 Å². The Kier molecular flexibility index (Phi) is 5.48. The normalized spacial score (nSPS) is 17.0. The Balaban J connectivity index is 1.92. The lowest BCUT2D eigenvalue weighted by molar-refractivity contribution is -0.119. The van der Waals surface area contributed by atoms with Crippen molar-refractivity contribution in [3.63, 3.8) is 0 Å². The van der Waals surface area contributed by atoms with E-state index in [-0.39, 0.29) is 16.6 Å². The van der Waals surface area contributed by atoms with Gasteiger partial charge in [-0.3, -0.25) is 14.2 Å². The molecule has 0 amide bonds. The number of Topliss-reactive ketones (excluding diaryl/α,β-unsaturated/α-hetero) is 1. The highest BCUT2D eigenvalue weighted by Crippen LogP contribution is 2.33. The SMILES string of the molecule is CCOc1ccccc1-n1c(S[C@H]2CCCCC2=O)nc2ccccc2c1=O. The third-order valence-electron chi connectivity index (χ3n) is 4.90. The summed E-state index contributed by atoms with van der Waals surface area (Å²) < 4.78 is 7.36. The van der Waals surface area contributed by atoms with Gasteiger partial charge in [-0.1, -0.05) is 42.4 Å². The number of hydrogen-bond acceptors (Lipinski definition) is 5. The summed E-state index contributed by atoms with van der Waals surface area (Å²) in [6.45, 7) is 2.41. The highest BCUT2D eigenvalue weighted by Gasteiger charge is 2.26. The van der Waals surface area contributed by atoms with Crippen LogP contribution in [0.5, 0.6) is 5.75 Å². The number of hydrogen-bond donors (Lipinski definition) is 0. The van der Waals surface area contributed by atoms with E-state index in [0.717, 1.165) is 19.3 Å². The van der Waals surface area contributed by atoms with E-state index in [1.165, 1.54) is 11.8 Å². The minimum Gasteiger partial charge on any atom is -0.492 e. The second-order valence-corrected chi connectivity index (χ2v) is 7.94. The summed E-state index contributed by atoms with van der Waals surface area (Å²) in [5.41, 5.74) is 1.14. The second-order valence-electron chi connectivity index (χ2n) is 6.77. The molecular formula is C22H22N2O3S. The number of carbonyl (C=O) groups excluding carboxylic acids is 1. The fourth-order valence-corrected chi connectivity index (χ4v) is 4.75. The Bertz CT molecular complexity index is 1080. The highest BCUT2D eigenvalue weighted by molar-refractivity contribution is 8.00. The molecular weight excluding hydrogens is 372 g/mol. The van der Waals surface area contributed by atoms with Crippen LogP contribution in [0.15, 0.2) is 58.5 Å². The van der Waals surface area contributed by atoms with Gasteiger partial charge in [0.15, 0.2) is 5.16 Å². The molecule has 0 radical (unpaired) electrons. The van der Waals surface area contributed by atoms with Crippen LogP contribution >= 0.6 is 11.8 Å². The average Bonchev–Trinajstić information content (AvgIpc) is 2.71. The van der Waals surface area contributed by atoms with Crippen LogP contribution < -0.4 is 10.3 Å². The van der Waals surface area contributed by atoms with E-state index in [2.05, 4.69) is 0 Å². The second kappa shape index (κ2) is 8.19. The summed E-state index contributed by atoms with van der Waals surface area (Å²) in [5.74, 6) is 0.865. The summed E-state index contributed by atoms with van der Waals surface area (Å²) in [6, 6.07) is 14.8. The van der Waals surface area contributed by atoms with Crippen molar-refractivity contribution < 1.29 is 9.53 Å². The highest BCUT2D eigenvalue weighted by atomic mass is 32.2. The first-order valence-corrected chi connectivity index (χ1v) is 10.5. The van der Waals surface area contributed by atoms with Gasteiger partial charge in [-0.05, 0) is 44.0 Å². The Hall–Kier alpha value is -2.60. The summed E-state index contributed by atoms with van der Waals surface area (Å²) >= 11 is 1.40. The van der Waals surface area contributed by atoms with Crippen LogP contribution in [-0.4, -0.2) is 27.2 Å². The van der Waals surface area contributed by atoms with Gasteiger partial charge in [-0.25, -0.2) is 4.98 Å². The first-order valence-electron chi connectivity index (χ1n) is 9.62. The van der Waals surface area contributed by atoms with Crippen molar-refractivity contribution in [2.45, 2.75) is 43.0 Å². The molecule has 0 N–H and O–H groups in total. The lowest BCUT2D eigenvalue weighted by Gasteiger charge is -2.22. The quantitative estimate of drug-likeness (QED) is 0.601. The molecule has 0 saturated heterocycles. The van der Waals surface area contributed by atoms with E-state index in [4.69, 9.17) is 9.72 Å². The summed E-state index contributed by atoms with van der Waals surface area (Å²) in [6.07, 6.45) is 3.39. The van der Waals surface area contributed by atoms with Crippen molar-refractivity contribution in [1.82, 2.24) is 9.55 Å². The maximum atomic E-state index is 13.4. The van der Waals surface area contributed by atoms with Gasteiger partial charge in [0, 0.05) is 6.42 Å². The van der Waals surface area contributed by atoms with Crippen LogP contribution in [0.25, 0.3) is 16.6 Å². The molecule has 0 unspecified atom stereocenters. The van der Waals surface area contributed by atoms with Crippen LogP contribution in [0, 0.1) is 0 Å². The van der Waals surface area contributed by atoms with Gasteiger partial charge in [0.2, 0.25) is 0 Å². The fraction of sp³-hybridized carbons (Fsp3) is 0.318. The largest absolute Gasteiger partial charge is 0.492 e. The van der Waals surface area contributed by atoms with Crippen LogP contribution in [-0.2, 0) is 4.79 Å². The van der Waals surface area contributed by atoms with Crippen LogP contribution in [0.1, 0.15) is 32.6 Å². The number of fused-ring (bicyclic) bond motifs is 1. The Morgan fingerprint density at radius 1 is 1.11 bits per heavy atom. The Morgan fingerprint density at radius 2 is 1.89 bits per heavy atom. The van der Waals surface area contributed by atoms with Crippen molar-refractivity contribution in [2.75, 3.05) is 6.61 Å². The summed E-state index contributed by atoms with van der Waals surface area (Å²) in [7, 11) is 0. The molecule has 144 valence electrons. The zero-order valence-electron chi connectivity index (χ0n) is 15.8. The lowest BCUT2D eigenvalue weighted by Crippen LogP contribution is -2.26. The van der Waals surface area contributed by atoms with Gasteiger partial charge in [0.1, 0.15) is 11.5 Å². The van der Waals surface area contributed by atoms with E-state index in [0.29, 0.717) is 40.5 Å². The first-order chi connectivity index (χ1) is 13.7. The predicted molar refractivity (Wildman–Crippen MR) is 112 cm³/mol. The van der Waals surface area contributed by atoms with Gasteiger partial charge in [0.25, 0.3) is 5.56 Å². The minimum atomic E-state index is -0.160. The number of thioether (sulfide) groups is 1. The molecule has 5 nitrogen and oxygen atoms in total. The number of para-hydroxylation sites is 3. The molecule has 1 heterocycles. The minimum absolute atomic E-state index is 0.150. The molecule has 1 aliphatic carbocycles. The molecule has 1 atom stereocenters. The van der Waals surface area contributed by atoms with Gasteiger partial charge in [-0.2, -0.15) is 0 Å². The molecule has 3 aromatic rings. The van der Waals surface area contributed by atoms with E-state index in [9.17, 15) is 9.59 Å². The van der Waals surface area contributed by atoms with Crippen LogP contribution in [0.2, 0.25) is 0 Å². The molecule has 6 heteroatoms. The van der Waals surface area contributed by atoms with Crippen LogP contribution in [0.3, 0.4) is 0 Å². The predicted octanol–water partition coefficient (Wildman–Crippen LogP) is 4.39. The van der Waals surface area contributed by atoms with Crippen molar-refractivity contribution in [3.8, 4) is 11.4 Å². The standard InChI is InChI=1S/C22H22N2O3S/c1-2-27-19-13-7-5-11-17(19)24-21(26)15-9-3-4-10-16(15)23-22(24)28-20-14-8-6-12-18(20)25/h3-5,7,9-11,13,20H,2,6,8,12,14H2,1H3/t20-/m0/s1. The van der Waals surface area contributed by atoms with Crippen molar-refractivity contribution in [1.29, 1.82) is 0 Å². The molecule has 1 aromatic heterocycles. The fourth-order valence-electron chi connectivity index (χ4n) is 3.53. The number of aromatic nitrogens is 2. The van der Waals surface area contributed by atoms with Crippen molar-refractivity contribution >= 4 is 28.4 Å². The average molecular weight is 394 g/mol. The van der Waals surface area contributed by atoms with Crippen LogP contribution in [0.4, 0.5) is 0 Å². The van der Waals surface area contributed by atoms with E-state index < -0.39 is 0 Å². The molecule has 2 aromatic carbocycles. The molecule has 0 aliphatic heterocycles. The number of carbonyl (C=O) groups is 1. The number of ketones is 1. The van der Waals surface area contributed by atoms with Crippen molar-refractivity contribution in [3.05, 3.63) is 58.9 Å². The molecule has 0 bridgehead atoms. The number of nitrogens with zero attached hydrogens (tertiary/aromatic N) is 2. The maximum Gasteiger partial charge on any atom is 0.266 e. The maximum absolute atomic E-state index is 13.4. The monoisotopic (exact) mass is 394 g/mol. The zero-order chi connectivity index (χ0) is 19.5. The number of rotatable bonds is 5.